The van der Waals surface area contributed by atoms with Crippen LogP contribution in [0.15, 0.2) is 35.3 Å². The Labute approximate surface area is 97.5 Å². The van der Waals surface area contributed by atoms with Crippen molar-refractivity contribution in [1.29, 1.82) is 0 Å². The first-order valence-corrected chi connectivity index (χ1v) is 5.09. The van der Waals surface area contributed by atoms with E-state index in [1.165, 1.54) is 21.3 Å². The number of rotatable bonds is 2. The van der Waals surface area contributed by atoms with Crippen molar-refractivity contribution in [3.63, 3.8) is 0 Å². The van der Waals surface area contributed by atoms with Crippen LogP contribution >= 0.6 is 0 Å². The van der Waals surface area contributed by atoms with Gasteiger partial charge in [-0.25, -0.2) is 9.59 Å². The van der Waals surface area contributed by atoms with Gasteiger partial charge in [0.15, 0.2) is 0 Å². The van der Waals surface area contributed by atoms with Gasteiger partial charge in [0.2, 0.25) is 0 Å². The van der Waals surface area contributed by atoms with Gasteiger partial charge in [0.1, 0.15) is 0 Å². The second-order valence-electron chi connectivity index (χ2n) is 3.85. The van der Waals surface area contributed by atoms with Crippen LogP contribution in [0.25, 0.3) is 5.69 Å². The lowest BCUT2D eigenvalue weighted by Gasteiger charge is -2.04. The second-order valence-corrected chi connectivity index (χ2v) is 3.85. The summed E-state index contributed by atoms with van der Waals surface area (Å²) < 4.78 is 3.02. The molecule has 5 heteroatoms. The van der Waals surface area contributed by atoms with Gasteiger partial charge in [-0.05, 0) is 31.2 Å². The molecular formula is C12H12N2O3. The summed E-state index contributed by atoms with van der Waals surface area (Å²) in [6.45, 7) is 1.83. The molecule has 0 spiro atoms. The van der Waals surface area contributed by atoms with Crippen molar-refractivity contribution in [2.75, 3.05) is 0 Å². The molecule has 0 radical (unpaired) electrons. The van der Waals surface area contributed by atoms with Crippen molar-refractivity contribution < 1.29 is 9.90 Å². The first kappa shape index (κ1) is 11.2. The van der Waals surface area contributed by atoms with E-state index in [2.05, 4.69) is 0 Å². The van der Waals surface area contributed by atoms with Crippen LogP contribution in [0.1, 0.15) is 16.1 Å². The lowest BCUT2D eigenvalue weighted by atomic mass is 10.2. The number of aromatic nitrogens is 2. The van der Waals surface area contributed by atoms with Gasteiger partial charge >= 0.3 is 11.7 Å². The summed E-state index contributed by atoms with van der Waals surface area (Å²) in [4.78, 5) is 22.5. The molecule has 1 heterocycles. The largest absolute Gasteiger partial charge is 0.478 e. The molecule has 2 rings (SSSR count). The van der Waals surface area contributed by atoms with Gasteiger partial charge in [0.25, 0.3) is 0 Å². The second kappa shape index (κ2) is 3.93. The monoisotopic (exact) mass is 232 g/mol. The van der Waals surface area contributed by atoms with Crippen LogP contribution in [0.2, 0.25) is 0 Å². The number of carboxylic acid groups (broad SMARTS) is 1. The topological polar surface area (TPSA) is 64.2 Å². The Kier molecular flexibility index (Phi) is 2.59. The van der Waals surface area contributed by atoms with Crippen molar-refractivity contribution in [3.05, 3.63) is 52.2 Å². The summed E-state index contributed by atoms with van der Waals surface area (Å²) in [5.74, 6) is -0.978. The lowest BCUT2D eigenvalue weighted by Crippen LogP contribution is -2.21. The highest BCUT2D eigenvalue weighted by atomic mass is 16.4. The molecule has 2 aromatic rings. The fourth-order valence-electron chi connectivity index (χ4n) is 1.77. The summed E-state index contributed by atoms with van der Waals surface area (Å²) in [6, 6.07) is 6.21. The average Bonchev–Trinajstić information content (AvgIpc) is 2.53. The third kappa shape index (κ3) is 1.87. The van der Waals surface area contributed by atoms with Gasteiger partial charge in [-0.15, -0.1) is 0 Å². The number of hydrogen-bond acceptors (Lipinski definition) is 2. The summed E-state index contributed by atoms with van der Waals surface area (Å²) >= 11 is 0. The molecule has 1 N–H and O–H groups in total. The third-order valence-electron chi connectivity index (χ3n) is 2.60. The Balaban J connectivity index is 2.54. The molecule has 0 amide bonds. The molecular weight excluding hydrogens is 220 g/mol. The number of aromatic carboxylic acids is 1. The van der Waals surface area contributed by atoms with E-state index < -0.39 is 5.97 Å². The van der Waals surface area contributed by atoms with Crippen LogP contribution in [-0.2, 0) is 7.05 Å². The van der Waals surface area contributed by atoms with Crippen molar-refractivity contribution in [2.24, 2.45) is 7.05 Å². The summed E-state index contributed by atoms with van der Waals surface area (Å²) in [7, 11) is 1.68. The average molecular weight is 232 g/mol. The molecule has 0 aliphatic heterocycles. The van der Waals surface area contributed by atoms with E-state index in [1.807, 2.05) is 6.92 Å². The highest BCUT2D eigenvalue weighted by Crippen LogP contribution is 2.10. The molecule has 1 aromatic carbocycles. The lowest BCUT2D eigenvalue weighted by molar-refractivity contribution is 0.0697. The summed E-state index contributed by atoms with van der Waals surface area (Å²) in [5.41, 5.74) is 1.53. The van der Waals surface area contributed by atoms with Crippen LogP contribution in [0.3, 0.4) is 0 Å². The predicted octanol–water partition coefficient (Wildman–Crippen LogP) is 1.18. The normalized spacial score (nSPS) is 10.5. The predicted molar refractivity (Wildman–Crippen MR) is 62.7 cm³/mol. The Morgan fingerprint density at radius 3 is 2.24 bits per heavy atom. The van der Waals surface area contributed by atoms with Crippen molar-refractivity contribution in [3.8, 4) is 5.69 Å². The van der Waals surface area contributed by atoms with Crippen molar-refractivity contribution in [2.45, 2.75) is 6.92 Å². The molecule has 0 bridgehead atoms. The molecule has 0 saturated carbocycles. The van der Waals surface area contributed by atoms with Crippen LogP contribution in [0, 0.1) is 6.92 Å². The Morgan fingerprint density at radius 2 is 1.82 bits per heavy atom. The fourth-order valence-corrected chi connectivity index (χ4v) is 1.77. The highest BCUT2D eigenvalue weighted by molar-refractivity contribution is 5.87. The Hall–Kier alpha value is -2.30. The summed E-state index contributed by atoms with van der Waals surface area (Å²) in [6.07, 6.45) is 1.73. The Bertz CT molecular complexity index is 620. The quantitative estimate of drug-likeness (QED) is 0.845. The zero-order chi connectivity index (χ0) is 12.6. The van der Waals surface area contributed by atoms with Gasteiger partial charge in [-0.1, -0.05) is 0 Å². The molecule has 0 unspecified atom stereocenters. The van der Waals surface area contributed by atoms with E-state index in [4.69, 9.17) is 5.11 Å². The number of carboxylic acids is 1. The zero-order valence-electron chi connectivity index (χ0n) is 9.54. The molecule has 0 fully saturated rings. The molecule has 88 valence electrons. The standard InChI is InChI=1S/C12H12N2O3/c1-8-7-13(2)12(17)14(8)10-5-3-9(4-6-10)11(15)16/h3-7H,1-2H3,(H,15,16). The van der Waals surface area contributed by atoms with Gasteiger partial charge < -0.3 is 9.67 Å². The number of nitrogens with zero attached hydrogens (tertiary/aromatic N) is 2. The van der Waals surface area contributed by atoms with Crippen molar-refractivity contribution in [1.82, 2.24) is 9.13 Å². The smallest absolute Gasteiger partial charge is 0.335 e. The minimum Gasteiger partial charge on any atom is -0.478 e. The molecule has 17 heavy (non-hydrogen) atoms. The number of benzene rings is 1. The molecule has 1 aromatic heterocycles. The Morgan fingerprint density at radius 1 is 1.24 bits per heavy atom. The third-order valence-corrected chi connectivity index (χ3v) is 2.60. The van der Waals surface area contributed by atoms with E-state index in [0.29, 0.717) is 5.69 Å². The van der Waals surface area contributed by atoms with Gasteiger partial charge in [-0.2, -0.15) is 0 Å². The molecule has 0 atom stereocenters. The summed E-state index contributed by atoms with van der Waals surface area (Å²) in [5, 5.41) is 8.79. The maximum atomic E-state index is 11.8. The van der Waals surface area contributed by atoms with E-state index in [0.717, 1.165) is 5.69 Å². The zero-order valence-corrected chi connectivity index (χ0v) is 9.54. The molecule has 0 aliphatic carbocycles. The fraction of sp³-hybridized carbons (Fsp3) is 0.167. The minimum absolute atomic E-state index is 0.148. The molecule has 0 aliphatic rings. The molecule has 0 saturated heterocycles. The minimum atomic E-state index is -0.978. The number of imidazole rings is 1. The SMILES string of the molecule is Cc1cn(C)c(=O)n1-c1ccc(C(=O)O)cc1. The van der Waals surface area contributed by atoms with E-state index in [1.54, 1.807) is 25.4 Å². The van der Waals surface area contributed by atoms with Crippen LogP contribution in [0.5, 0.6) is 0 Å². The maximum Gasteiger partial charge on any atom is 0.335 e. The molecule has 5 nitrogen and oxygen atoms in total. The van der Waals surface area contributed by atoms with Crippen LogP contribution in [0.4, 0.5) is 0 Å². The number of hydrogen-bond donors (Lipinski definition) is 1. The van der Waals surface area contributed by atoms with E-state index in [-0.39, 0.29) is 11.3 Å². The van der Waals surface area contributed by atoms with E-state index in [9.17, 15) is 9.59 Å². The number of carbonyl (C=O) groups is 1. The first-order valence-electron chi connectivity index (χ1n) is 5.09. The van der Waals surface area contributed by atoms with E-state index >= 15 is 0 Å². The maximum absolute atomic E-state index is 11.8. The highest BCUT2D eigenvalue weighted by Gasteiger charge is 2.08. The van der Waals surface area contributed by atoms with Crippen LogP contribution < -0.4 is 5.69 Å². The first-order chi connectivity index (χ1) is 8.00. The van der Waals surface area contributed by atoms with Crippen molar-refractivity contribution >= 4 is 5.97 Å². The van der Waals surface area contributed by atoms with Crippen LogP contribution in [-0.4, -0.2) is 20.2 Å². The number of aryl methyl sites for hydroxylation is 2. The van der Waals surface area contributed by atoms with Gasteiger partial charge in [0.05, 0.1) is 11.3 Å². The van der Waals surface area contributed by atoms with Gasteiger partial charge in [0, 0.05) is 18.9 Å². The van der Waals surface area contributed by atoms with Gasteiger partial charge in [-0.3, -0.25) is 4.57 Å².